The molecule has 0 radical (unpaired) electrons. The Kier molecular flexibility index (Phi) is 6.16. The molecular formula is C20H22N4O5S. The normalized spacial score (nSPS) is 16.5. The summed E-state index contributed by atoms with van der Waals surface area (Å²) in [5, 5.41) is 13.8. The molecule has 0 unspecified atom stereocenters. The van der Waals surface area contributed by atoms with Gasteiger partial charge in [-0.15, -0.1) is 0 Å². The van der Waals surface area contributed by atoms with E-state index in [1.54, 1.807) is 37.3 Å². The van der Waals surface area contributed by atoms with Crippen molar-refractivity contribution in [1.29, 1.82) is 0 Å². The maximum absolute atomic E-state index is 12.9. The van der Waals surface area contributed by atoms with Gasteiger partial charge in [-0.2, -0.15) is 0 Å². The van der Waals surface area contributed by atoms with Gasteiger partial charge in [0.25, 0.3) is 15.7 Å². The van der Waals surface area contributed by atoms with Crippen molar-refractivity contribution in [2.45, 2.75) is 44.0 Å². The van der Waals surface area contributed by atoms with Gasteiger partial charge >= 0.3 is 0 Å². The Morgan fingerprint density at radius 3 is 2.70 bits per heavy atom. The number of aliphatic imine (C=N–C) groups is 1. The topological polar surface area (TPSA) is 131 Å². The Balaban J connectivity index is 1.90. The molecule has 1 heterocycles. The van der Waals surface area contributed by atoms with E-state index in [1.807, 2.05) is 6.92 Å². The van der Waals surface area contributed by atoms with Crippen molar-refractivity contribution >= 4 is 33.1 Å². The van der Waals surface area contributed by atoms with E-state index < -0.39 is 26.9 Å². The van der Waals surface area contributed by atoms with Gasteiger partial charge in [-0.3, -0.25) is 24.6 Å². The Morgan fingerprint density at radius 2 is 2.00 bits per heavy atom. The number of anilines is 1. The number of sulfonamides is 1. The first-order valence-corrected chi connectivity index (χ1v) is 11.0. The summed E-state index contributed by atoms with van der Waals surface area (Å²) < 4.78 is 27.0. The van der Waals surface area contributed by atoms with Crippen molar-refractivity contribution in [3.63, 3.8) is 0 Å². The van der Waals surface area contributed by atoms with E-state index >= 15 is 0 Å². The fourth-order valence-corrected chi connectivity index (χ4v) is 4.39. The van der Waals surface area contributed by atoms with Crippen LogP contribution in [-0.4, -0.2) is 31.1 Å². The minimum Gasteiger partial charge on any atom is -0.324 e. The summed E-state index contributed by atoms with van der Waals surface area (Å²) in [4.78, 5) is 28.0. The van der Waals surface area contributed by atoms with Crippen molar-refractivity contribution in [2.75, 3.05) is 5.32 Å². The number of unbranched alkanes of at least 4 members (excludes halogenated alkanes) is 1. The van der Waals surface area contributed by atoms with Gasteiger partial charge in [-0.05, 0) is 31.5 Å². The highest BCUT2D eigenvalue weighted by Gasteiger charge is 2.31. The number of carbonyl (C=O) groups excluding carboxylic acids is 1. The third kappa shape index (κ3) is 4.48. The number of amidine groups is 1. The Hall–Kier alpha value is -3.27. The highest BCUT2D eigenvalue weighted by Crippen LogP contribution is 2.25. The number of hydrogen-bond donors (Lipinski definition) is 2. The van der Waals surface area contributed by atoms with Crippen molar-refractivity contribution in [3.8, 4) is 0 Å². The van der Waals surface area contributed by atoms with E-state index in [-0.39, 0.29) is 22.1 Å². The molecular weight excluding hydrogens is 408 g/mol. The van der Waals surface area contributed by atoms with E-state index in [4.69, 9.17) is 0 Å². The van der Waals surface area contributed by atoms with Crippen LogP contribution in [0, 0.1) is 17.0 Å². The summed E-state index contributed by atoms with van der Waals surface area (Å²) >= 11 is 0. The van der Waals surface area contributed by atoms with Gasteiger partial charge in [0.2, 0.25) is 5.91 Å². The molecule has 2 aromatic carbocycles. The molecule has 0 spiro atoms. The molecule has 1 aliphatic heterocycles. The first-order valence-electron chi connectivity index (χ1n) is 9.49. The van der Waals surface area contributed by atoms with Crippen molar-refractivity contribution in [1.82, 2.24) is 4.72 Å². The summed E-state index contributed by atoms with van der Waals surface area (Å²) in [7, 11) is -3.71. The van der Waals surface area contributed by atoms with Gasteiger partial charge in [-0.1, -0.05) is 38.0 Å². The molecule has 30 heavy (non-hydrogen) atoms. The second-order valence-electron chi connectivity index (χ2n) is 6.99. The largest absolute Gasteiger partial charge is 0.324 e. The molecule has 9 nitrogen and oxygen atoms in total. The lowest BCUT2D eigenvalue weighted by molar-refractivity contribution is -0.385. The Labute approximate surface area is 174 Å². The summed E-state index contributed by atoms with van der Waals surface area (Å²) in [6.07, 6.45) is 1.94. The molecule has 0 fully saturated rings. The zero-order chi connectivity index (χ0) is 21.9. The summed E-state index contributed by atoms with van der Waals surface area (Å²) in [5.41, 5.74) is 1.09. The second-order valence-corrected chi connectivity index (χ2v) is 8.64. The van der Waals surface area contributed by atoms with Crippen LogP contribution >= 0.6 is 0 Å². The van der Waals surface area contributed by atoms with Crippen LogP contribution in [-0.2, 0) is 14.8 Å². The summed E-state index contributed by atoms with van der Waals surface area (Å²) in [6.45, 7) is 3.59. The van der Waals surface area contributed by atoms with Gasteiger partial charge in [0.05, 0.1) is 9.82 Å². The lowest BCUT2D eigenvalue weighted by Gasteiger charge is -2.14. The van der Waals surface area contributed by atoms with Crippen LogP contribution in [0.4, 0.5) is 11.4 Å². The monoisotopic (exact) mass is 430 g/mol. The van der Waals surface area contributed by atoms with Gasteiger partial charge in [0.15, 0.2) is 0 Å². The number of aryl methyl sites for hydroxylation is 1. The van der Waals surface area contributed by atoms with Crippen LogP contribution in [0.2, 0.25) is 0 Å². The summed E-state index contributed by atoms with van der Waals surface area (Å²) in [5.74, 6) is -0.339. The fourth-order valence-electron chi connectivity index (χ4n) is 3.15. The number of carbonyl (C=O) groups is 1. The molecule has 2 aromatic rings. The third-order valence-corrected chi connectivity index (χ3v) is 6.15. The van der Waals surface area contributed by atoms with E-state index in [9.17, 15) is 23.3 Å². The number of hydrogen-bond acceptors (Lipinski definition) is 6. The molecule has 1 amide bonds. The van der Waals surface area contributed by atoms with Gasteiger partial charge < -0.3 is 5.32 Å². The third-order valence-electron chi connectivity index (χ3n) is 4.75. The van der Waals surface area contributed by atoms with Gasteiger partial charge in [-0.25, -0.2) is 8.42 Å². The van der Waals surface area contributed by atoms with Crippen molar-refractivity contribution < 1.29 is 18.1 Å². The molecule has 10 heteroatoms. The van der Waals surface area contributed by atoms with E-state index in [1.165, 1.54) is 12.1 Å². The number of nitro benzene ring substituents is 1. The molecule has 1 atom stereocenters. The maximum Gasteiger partial charge on any atom is 0.274 e. The summed E-state index contributed by atoms with van der Waals surface area (Å²) in [6, 6.07) is 10.0. The lowest BCUT2D eigenvalue weighted by atomic mass is 10.1. The molecule has 158 valence electrons. The van der Waals surface area contributed by atoms with Crippen LogP contribution in [0.25, 0.3) is 0 Å². The molecule has 0 saturated carbocycles. The first kappa shape index (κ1) is 21.4. The average Bonchev–Trinajstić information content (AvgIpc) is 2.96. The predicted octanol–water partition coefficient (Wildman–Crippen LogP) is 3.14. The first-order chi connectivity index (χ1) is 14.2. The second kappa shape index (κ2) is 8.62. The number of benzene rings is 2. The minimum absolute atomic E-state index is 0.0956. The highest BCUT2D eigenvalue weighted by molar-refractivity contribution is 7.90. The number of nitrogens with zero attached hydrogens (tertiary/aromatic N) is 2. The maximum atomic E-state index is 12.9. The van der Waals surface area contributed by atoms with Crippen LogP contribution in [0.15, 0.2) is 52.4 Å². The predicted molar refractivity (Wildman–Crippen MR) is 113 cm³/mol. The number of fused-ring (bicyclic) bond motifs is 1. The molecule has 0 aromatic heterocycles. The van der Waals surface area contributed by atoms with Crippen LogP contribution in [0.5, 0.6) is 0 Å². The van der Waals surface area contributed by atoms with Crippen LogP contribution < -0.4 is 10.0 Å². The van der Waals surface area contributed by atoms with E-state index in [0.717, 1.165) is 6.42 Å². The zero-order valence-electron chi connectivity index (χ0n) is 16.6. The minimum atomic E-state index is -3.71. The standard InChI is InChI=1S/C20H22N4O5S/c1-3-4-8-16(20(25)21-14-11-10-13(2)17(12-14)24(26)27)22-19-15-7-5-6-9-18(15)30(28,29)23-19/h5-7,9-12,16H,3-4,8H2,1-2H3,(H,21,25)(H,22,23)/t16-/m0/s1. The SMILES string of the molecule is CCCC[C@H](N=C1NS(=O)(=O)c2ccccc21)C(=O)Nc1ccc(C)c([N+](=O)[O-])c1. The zero-order valence-corrected chi connectivity index (χ0v) is 17.4. The van der Waals surface area contributed by atoms with Crippen LogP contribution in [0.1, 0.15) is 37.3 Å². The molecule has 3 rings (SSSR count). The number of nitrogens with one attached hydrogen (secondary N) is 2. The molecule has 2 N–H and O–H groups in total. The number of amides is 1. The lowest BCUT2D eigenvalue weighted by Crippen LogP contribution is -2.30. The molecule has 0 bridgehead atoms. The van der Waals surface area contributed by atoms with Crippen molar-refractivity contribution in [2.24, 2.45) is 4.99 Å². The van der Waals surface area contributed by atoms with E-state index in [2.05, 4.69) is 15.0 Å². The fraction of sp³-hybridized carbons (Fsp3) is 0.300. The molecule has 0 aliphatic carbocycles. The number of nitro groups is 1. The highest BCUT2D eigenvalue weighted by atomic mass is 32.2. The van der Waals surface area contributed by atoms with Crippen molar-refractivity contribution in [3.05, 3.63) is 63.7 Å². The van der Waals surface area contributed by atoms with Gasteiger partial charge in [0.1, 0.15) is 11.9 Å². The van der Waals surface area contributed by atoms with Crippen LogP contribution in [0.3, 0.4) is 0 Å². The number of rotatable bonds is 7. The molecule has 1 aliphatic rings. The average molecular weight is 430 g/mol. The molecule has 0 saturated heterocycles. The van der Waals surface area contributed by atoms with E-state index in [0.29, 0.717) is 24.0 Å². The van der Waals surface area contributed by atoms with Gasteiger partial charge in [0, 0.05) is 22.9 Å². The Morgan fingerprint density at radius 1 is 1.27 bits per heavy atom. The Bertz CT molecular complexity index is 1130. The smallest absolute Gasteiger partial charge is 0.274 e. The quantitative estimate of drug-likeness (QED) is 0.515.